The van der Waals surface area contributed by atoms with Crippen LogP contribution in [0.25, 0.3) is 0 Å². The summed E-state index contributed by atoms with van der Waals surface area (Å²) in [4.78, 5) is 11.8. The normalized spacial score (nSPS) is 20.0. The molecule has 1 aromatic carbocycles. The largest absolute Gasteiger partial charge is 0.468 e. The van der Waals surface area contributed by atoms with Crippen LogP contribution in [0.4, 0.5) is 5.69 Å². The zero-order chi connectivity index (χ0) is 14.9. The minimum absolute atomic E-state index is 0.147. The van der Waals surface area contributed by atoms with Crippen LogP contribution in [-0.2, 0) is 19.6 Å². The number of ether oxygens (including phenoxy) is 1. The first-order valence-corrected chi connectivity index (χ1v) is 7.77. The molecule has 1 aromatic rings. The molecule has 110 valence electrons. The molecular formula is C13H18N2O4S. The standard InChI is InChI=1S/C13H18N2O4S/c1-9-5-6-10(14)8-12(9)20(17,18)15-7-3-4-11(15)13(16)19-2/h5-6,8,11H,3-4,7,14H2,1-2H3. The van der Waals surface area contributed by atoms with Crippen molar-refractivity contribution < 1.29 is 17.9 Å². The fourth-order valence-electron chi connectivity index (χ4n) is 2.42. The minimum atomic E-state index is -3.74. The fourth-order valence-corrected chi connectivity index (χ4v) is 4.33. The third-order valence-electron chi connectivity index (χ3n) is 3.48. The van der Waals surface area contributed by atoms with Crippen LogP contribution in [-0.4, -0.2) is 38.4 Å². The van der Waals surface area contributed by atoms with Crippen LogP contribution in [0.5, 0.6) is 0 Å². The second-order valence-electron chi connectivity index (χ2n) is 4.82. The lowest BCUT2D eigenvalue weighted by Gasteiger charge is -2.23. The van der Waals surface area contributed by atoms with Gasteiger partial charge in [0.15, 0.2) is 0 Å². The number of carbonyl (C=O) groups is 1. The Labute approximate surface area is 118 Å². The lowest BCUT2D eigenvalue weighted by molar-refractivity contribution is -0.144. The summed E-state index contributed by atoms with van der Waals surface area (Å²) in [5, 5.41) is 0. The number of aryl methyl sites for hydroxylation is 1. The van der Waals surface area contributed by atoms with Crippen molar-refractivity contribution >= 4 is 21.7 Å². The van der Waals surface area contributed by atoms with Gasteiger partial charge in [0.1, 0.15) is 6.04 Å². The Morgan fingerprint density at radius 3 is 2.80 bits per heavy atom. The molecule has 6 nitrogen and oxygen atoms in total. The van der Waals surface area contributed by atoms with Crippen molar-refractivity contribution in [3.05, 3.63) is 23.8 Å². The quantitative estimate of drug-likeness (QED) is 0.661. The van der Waals surface area contributed by atoms with E-state index in [9.17, 15) is 13.2 Å². The van der Waals surface area contributed by atoms with Gasteiger partial charge in [0.2, 0.25) is 10.0 Å². The second-order valence-corrected chi connectivity index (χ2v) is 6.68. The van der Waals surface area contributed by atoms with Gasteiger partial charge < -0.3 is 10.5 Å². The Morgan fingerprint density at radius 2 is 2.15 bits per heavy atom. The first-order chi connectivity index (χ1) is 9.37. The van der Waals surface area contributed by atoms with Crippen molar-refractivity contribution in [1.29, 1.82) is 0 Å². The Balaban J connectivity index is 2.44. The average molecular weight is 298 g/mol. The van der Waals surface area contributed by atoms with Gasteiger partial charge >= 0.3 is 5.97 Å². The number of hydrogen-bond donors (Lipinski definition) is 1. The molecule has 1 unspecified atom stereocenters. The van der Waals surface area contributed by atoms with Crippen LogP contribution in [0.15, 0.2) is 23.1 Å². The summed E-state index contributed by atoms with van der Waals surface area (Å²) in [6, 6.07) is 3.99. The molecule has 1 saturated heterocycles. The van der Waals surface area contributed by atoms with E-state index in [-0.39, 0.29) is 4.90 Å². The van der Waals surface area contributed by atoms with Gasteiger partial charge in [-0.25, -0.2) is 8.42 Å². The first kappa shape index (κ1) is 14.8. The van der Waals surface area contributed by atoms with E-state index >= 15 is 0 Å². The highest BCUT2D eigenvalue weighted by Crippen LogP contribution is 2.29. The van der Waals surface area contributed by atoms with E-state index < -0.39 is 22.0 Å². The third kappa shape index (κ3) is 2.51. The second kappa shape index (κ2) is 5.41. The minimum Gasteiger partial charge on any atom is -0.468 e. The lowest BCUT2D eigenvalue weighted by atomic mass is 10.2. The number of hydrogen-bond acceptors (Lipinski definition) is 5. The molecule has 1 aliphatic heterocycles. The maximum atomic E-state index is 12.7. The summed E-state index contributed by atoms with van der Waals surface area (Å²) in [7, 11) is -2.48. The van der Waals surface area contributed by atoms with Gasteiger partial charge in [0.05, 0.1) is 12.0 Å². The zero-order valence-electron chi connectivity index (χ0n) is 11.5. The number of nitrogens with two attached hydrogens (primary N) is 1. The molecule has 2 rings (SSSR count). The summed E-state index contributed by atoms with van der Waals surface area (Å²) < 4.78 is 31.3. The average Bonchev–Trinajstić information content (AvgIpc) is 2.90. The van der Waals surface area contributed by atoms with Crippen LogP contribution < -0.4 is 5.73 Å². The zero-order valence-corrected chi connectivity index (χ0v) is 12.3. The van der Waals surface area contributed by atoms with Crippen molar-refractivity contribution in [1.82, 2.24) is 4.31 Å². The van der Waals surface area contributed by atoms with E-state index in [1.807, 2.05) is 0 Å². The van der Waals surface area contributed by atoms with E-state index in [1.165, 1.54) is 17.5 Å². The number of sulfonamides is 1. The monoisotopic (exact) mass is 298 g/mol. The molecule has 1 heterocycles. The molecular weight excluding hydrogens is 280 g/mol. The van der Waals surface area contributed by atoms with Crippen LogP contribution in [0.3, 0.4) is 0 Å². The predicted octanol–water partition coefficient (Wildman–Crippen LogP) is 0.903. The molecule has 0 spiro atoms. The van der Waals surface area contributed by atoms with Crippen molar-refractivity contribution in [2.75, 3.05) is 19.4 Å². The molecule has 0 radical (unpaired) electrons. The van der Waals surface area contributed by atoms with Gasteiger partial charge in [-0.15, -0.1) is 0 Å². The van der Waals surface area contributed by atoms with Gasteiger partial charge in [-0.2, -0.15) is 4.31 Å². The molecule has 1 aliphatic rings. The van der Waals surface area contributed by atoms with Crippen molar-refractivity contribution in [3.8, 4) is 0 Å². The SMILES string of the molecule is COC(=O)C1CCCN1S(=O)(=O)c1cc(N)ccc1C. The van der Waals surface area contributed by atoms with Crippen molar-refractivity contribution in [3.63, 3.8) is 0 Å². The van der Waals surface area contributed by atoms with Gasteiger partial charge in [-0.3, -0.25) is 4.79 Å². The Bertz CT molecular complexity index is 627. The molecule has 7 heteroatoms. The van der Waals surface area contributed by atoms with Crippen LogP contribution in [0.2, 0.25) is 0 Å². The van der Waals surface area contributed by atoms with E-state index in [0.29, 0.717) is 30.6 Å². The third-order valence-corrected chi connectivity index (χ3v) is 5.53. The lowest BCUT2D eigenvalue weighted by Crippen LogP contribution is -2.41. The van der Waals surface area contributed by atoms with Crippen LogP contribution in [0, 0.1) is 6.92 Å². The molecule has 20 heavy (non-hydrogen) atoms. The molecule has 2 N–H and O–H groups in total. The highest BCUT2D eigenvalue weighted by Gasteiger charge is 2.40. The van der Waals surface area contributed by atoms with Gasteiger partial charge in [-0.1, -0.05) is 6.07 Å². The highest BCUT2D eigenvalue weighted by molar-refractivity contribution is 7.89. The number of carbonyl (C=O) groups excluding carboxylic acids is 1. The molecule has 0 saturated carbocycles. The van der Waals surface area contributed by atoms with Gasteiger partial charge in [0.25, 0.3) is 0 Å². The van der Waals surface area contributed by atoms with E-state index in [2.05, 4.69) is 4.74 Å². The number of methoxy groups -OCH3 is 1. The molecule has 1 fully saturated rings. The predicted molar refractivity (Wildman–Crippen MR) is 74.5 cm³/mol. The summed E-state index contributed by atoms with van der Waals surface area (Å²) >= 11 is 0. The topological polar surface area (TPSA) is 89.7 Å². The molecule has 0 amide bonds. The summed E-state index contributed by atoms with van der Waals surface area (Å²) in [6.45, 7) is 2.02. The number of rotatable bonds is 3. The molecule has 0 aliphatic carbocycles. The van der Waals surface area contributed by atoms with E-state index in [0.717, 1.165) is 0 Å². The summed E-state index contributed by atoms with van der Waals surface area (Å²) in [6.07, 6.45) is 1.12. The van der Waals surface area contributed by atoms with Crippen LogP contribution in [0.1, 0.15) is 18.4 Å². The van der Waals surface area contributed by atoms with Gasteiger partial charge in [-0.05, 0) is 37.5 Å². The molecule has 1 atom stereocenters. The fraction of sp³-hybridized carbons (Fsp3) is 0.462. The molecule has 0 aromatic heterocycles. The number of nitrogen functional groups attached to an aromatic ring is 1. The molecule has 0 bridgehead atoms. The highest BCUT2D eigenvalue weighted by atomic mass is 32.2. The van der Waals surface area contributed by atoms with E-state index in [1.54, 1.807) is 19.1 Å². The van der Waals surface area contributed by atoms with Crippen LogP contribution >= 0.6 is 0 Å². The maximum absolute atomic E-state index is 12.7. The van der Waals surface area contributed by atoms with Crippen molar-refractivity contribution in [2.24, 2.45) is 0 Å². The number of anilines is 1. The van der Waals surface area contributed by atoms with Gasteiger partial charge in [0, 0.05) is 12.2 Å². The van der Waals surface area contributed by atoms with E-state index in [4.69, 9.17) is 5.73 Å². The smallest absolute Gasteiger partial charge is 0.324 e. The Kier molecular flexibility index (Phi) is 4.01. The Morgan fingerprint density at radius 1 is 1.45 bits per heavy atom. The first-order valence-electron chi connectivity index (χ1n) is 6.33. The summed E-state index contributed by atoms with van der Waals surface area (Å²) in [5.41, 5.74) is 6.65. The summed E-state index contributed by atoms with van der Waals surface area (Å²) in [5.74, 6) is -0.521. The number of nitrogens with zero attached hydrogens (tertiary/aromatic N) is 1. The van der Waals surface area contributed by atoms with Crippen molar-refractivity contribution in [2.45, 2.75) is 30.7 Å². The number of benzene rings is 1. The number of esters is 1. The Hall–Kier alpha value is -1.60. The maximum Gasteiger partial charge on any atom is 0.324 e.